The van der Waals surface area contributed by atoms with E-state index in [2.05, 4.69) is 10.0 Å². The number of rotatable bonds is 4. The summed E-state index contributed by atoms with van der Waals surface area (Å²) >= 11 is 0. The van der Waals surface area contributed by atoms with Gasteiger partial charge in [0.05, 0.1) is 5.75 Å². The fraction of sp³-hybridized carbons (Fsp3) is 1.00. The summed E-state index contributed by atoms with van der Waals surface area (Å²) in [5.74, 6) is 1.89. The predicted molar refractivity (Wildman–Crippen MR) is 69.2 cm³/mol. The average molecular weight is 260 g/mol. The molecule has 100 valence electrons. The lowest BCUT2D eigenvalue weighted by Crippen LogP contribution is -2.42. The van der Waals surface area contributed by atoms with Gasteiger partial charge in [0.15, 0.2) is 0 Å². The standard InChI is InChI=1S/C12H24N2O2S/c1-9(2)8-17(15,16)14-12-4-3-10-6-13-7-11(10)5-12/h9-14H,3-8H2,1-2H3/t10-,11+,12?/m0/s1. The fourth-order valence-corrected chi connectivity index (χ4v) is 4.84. The maximum atomic E-state index is 11.9. The first kappa shape index (κ1) is 13.3. The van der Waals surface area contributed by atoms with Crippen LogP contribution >= 0.6 is 0 Å². The minimum atomic E-state index is -3.08. The van der Waals surface area contributed by atoms with Gasteiger partial charge in [-0.1, -0.05) is 13.8 Å². The molecule has 17 heavy (non-hydrogen) atoms. The fourth-order valence-electron chi connectivity index (χ4n) is 3.15. The molecule has 2 N–H and O–H groups in total. The number of hydrogen-bond donors (Lipinski definition) is 2. The van der Waals surface area contributed by atoms with Crippen molar-refractivity contribution in [3.8, 4) is 0 Å². The Labute approximate surface area is 105 Å². The second-order valence-corrected chi connectivity index (χ2v) is 7.78. The minimum absolute atomic E-state index is 0.167. The molecule has 0 radical (unpaired) electrons. The smallest absolute Gasteiger partial charge is 0.212 e. The third kappa shape index (κ3) is 3.66. The van der Waals surface area contributed by atoms with E-state index in [9.17, 15) is 8.42 Å². The van der Waals surface area contributed by atoms with Crippen LogP contribution in [0.25, 0.3) is 0 Å². The molecule has 0 bridgehead atoms. The second-order valence-electron chi connectivity index (χ2n) is 5.98. The van der Waals surface area contributed by atoms with Gasteiger partial charge in [0.2, 0.25) is 10.0 Å². The largest absolute Gasteiger partial charge is 0.316 e. The molecular formula is C12H24N2O2S. The summed E-state index contributed by atoms with van der Waals surface area (Å²) in [6.45, 7) is 6.07. The molecule has 4 nitrogen and oxygen atoms in total. The molecule has 0 aromatic heterocycles. The number of hydrogen-bond acceptors (Lipinski definition) is 3. The lowest BCUT2D eigenvalue weighted by Gasteiger charge is -2.31. The van der Waals surface area contributed by atoms with Crippen molar-refractivity contribution in [2.24, 2.45) is 17.8 Å². The van der Waals surface area contributed by atoms with Crippen molar-refractivity contribution < 1.29 is 8.42 Å². The van der Waals surface area contributed by atoms with Crippen LogP contribution in [0.2, 0.25) is 0 Å². The lowest BCUT2D eigenvalue weighted by molar-refractivity contribution is 0.260. The third-order valence-electron chi connectivity index (χ3n) is 3.85. The summed E-state index contributed by atoms with van der Waals surface area (Å²) in [4.78, 5) is 0. The lowest BCUT2D eigenvalue weighted by atomic mass is 9.79. The van der Waals surface area contributed by atoms with E-state index in [4.69, 9.17) is 0 Å². The molecule has 0 aromatic carbocycles. The summed E-state index contributed by atoms with van der Waals surface area (Å²) in [6.07, 6.45) is 3.17. The van der Waals surface area contributed by atoms with Gasteiger partial charge in [-0.25, -0.2) is 13.1 Å². The quantitative estimate of drug-likeness (QED) is 0.791. The Morgan fingerprint density at radius 3 is 2.65 bits per heavy atom. The predicted octanol–water partition coefficient (Wildman–Crippen LogP) is 0.950. The molecule has 0 amide bonds. The maximum Gasteiger partial charge on any atom is 0.212 e. The van der Waals surface area contributed by atoms with Crippen LogP contribution in [-0.4, -0.2) is 33.3 Å². The van der Waals surface area contributed by atoms with Gasteiger partial charge in [-0.05, 0) is 50.1 Å². The van der Waals surface area contributed by atoms with E-state index in [1.54, 1.807) is 0 Å². The second kappa shape index (κ2) is 5.24. The Balaban J connectivity index is 1.87. The highest BCUT2D eigenvalue weighted by atomic mass is 32.2. The molecule has 1 aliphatic heterocycles. The Bertz CT molecular complexity index is 354. The van der Waals surface area contributed by atoms with Gasteiger partial charge in [0.1, 0.15) is 0 Å². The molecule has 2 fully saturated rings. The monoisotopic (exact) mass is 260 g/mol. The van der Waals surface area contributed by atoms with Crippen molar-refractivity contribution in [3.05, 3.63) is 0 Å². The molecule has 1 heterocycles. The van der Waals surface area contributed by atoms with Gasteiger partial charge in [-0.3, -0.25) is 0 Å². The highest BCUT2D eigenvalue weighted by molar-refractivity contribution is 7.89. The van der Waals surface area contributed by atoms with E-state index >= 15 is 0 Å². The molecule has 2 aliphatic rings. The van der Waals surface area contributed by atoms with Gasteiger partial charge < -0.3 is 5.32 Å². The maximum absolute atomic E-state index is 11.9. The highest BCUT2D eigenvalue weighted by Crippen LogP contribution is 2.32. The van der Waals surface area contributed by atoms with E-state index in [0.717, 1.165) is 38.3 Å². The Kier molecular flexibility index (Phi) is 4.10. The van der Waals surface area contributed by atoms with Crippen molar-refractivity contribution in [1.82, 2.24) is 10.0 Å². The molecule has 3 atom stereocenters. The molecule has 0 spiro atoms. The van der Waals surface area contributed by atoms with E-state index in [1.165, 1.54) is 0 Å². The molecule has 2 rings (SSSR count). The molecule has 1 saturated carbocycles. The van der Waals surface area contributed by atoms with Crippen LogP contribution in [0.3, 0.4) is 0 Å². The molecule has 1 unspecified atom stereocenters. The first-order chi connectivity index (χ1) is 7.96. The zero-order valence-electron chi connectivity index (χ0n) is 10.8. The van der Waals surface area contributed by atoms with Crippen LogP contribution in [0.5, 0.6) is 0 Å². The summed E-state index contributed by atoms with van der Waals surface area (Å²) in [5.41, 5.74) is 0. The van der Waals surface area contributed by atoms with Crippen LogP contribution in [0, 0.1) is 17.8 Å². The molecular weight excluding hydrogens is 236 g/mol. The van der Waals surface area contributed by atoms with Crippen molar-refractivity contribution >= 4 is 10.0 Å². The minimum Gasteiger partial charge on any atom is -0.316 e. The van der Waals surface area contributed by atoms with Crippen molar-refractivity contribution in [1.29, 1.82) is 0 Å². The SMILES string of the molecule is CC(C)CS(=O)(=O)NC1CC[C@H]2CNC[C@H]2C1. The number of nitrogens with one attached hydrogen (secondary N) is 2. The third-order valence-corrected chi connectivity index (χ3v) is 5.65. The molecule has 1 saturated heterocycles. The van der Waals surface area contributed by atoms with Crippen molar-refractivity contribution in [2.75, 3.05) is 18.8 Å². The Hall–Kier alpha value is -0.130. The first-order valence-corrected chi connectivity index (χ1v) is 8.32. The summed E-state index contributed by atoms with van der Waals surface area (Å²) in [7, 11) is -3.08. The van der Waals surface area contributed by atoms with Gasteiger partial charge in [-0.2, -0.15) is 0 Å². The topological polar surface area (TPSA) is 58.2 Å². The van der Waals surface area contributed by atoms with Crippen LogP contribution in [-0.2, 0) is 10.0 Å². The van der Waals surface area contributed by atoms with Gasteiger partial charge in [0, 0.05) is 6.04 Å². The first-order valence-electron chi connectivity index (χ1n) is 6.67. The van der Waals surface area contributed by atoms with Crippen LogP contribution in [0.1, 0.15) is 33.1 Å². The summed E-state index contributed by atoms with van der Waals surface area (Å²) in [5, 5.41) is 3.40. The highest BCUT2D eigenvalue weighted by Gasteiger charge is 2.35. The van der Waals surface area contributed by atoms with Gasteiger partial charge in [-0.15, -0.1) is 0 Å². The van der Waals surface area contributed by atoms with E-state index < -0.39 is 10.0 Å². The average Bonchev–Trinajstić information content (AvgIpc) is 2.61. The molecule has 5 heteroatoms. The summed E-state index contributed by atoms with van der Waals surface area (Å²) in [6, 6.07) is 0.167. The normalized spacial score (nSPS) is 33.9. The van der Waals surface area contributed by atoms with E-state index in [0.29, 0.717) is 5.92 Å². The zero-order chi connectivity index (χ0) is 12.5. The number of fused-ring (bicyclic) bond motifs is 1. The Morgan fingerprint density at radius 1 is 1.24 bits per heavy atom. The molecule has 1 aliphatic carbocycles. The number of sulfonamides is 1. The van der Waals surface area contributed by atoms with E-state index in [1.807, 2.05) is 13.8 Å². The van der Waals surface area contributed by atoms with Crippen LogP contribution in [0.4, 0.5) is 0 Å². The molecule has 0 aromatic rings. The van der Waals surface area contributed by atoms with Crippen LogP contribution < -0.4 is 10.0 Å². The van der Waals surface area contributed by atoms with Crippen LogP contribution in [0.15, 0.2) is 0 Å². The summed E-state index contributed by atoms with van der Waals surface area (Å²) < 4.78 is 26.6. The Morgan fingerprint density at radius 2 is 1.94 bits per heavy atom. The van der Waals surface area contributed by atoms with Crippen molar-refractivity contribution in [3.63, 3.8) is 0 Å². The van der Waals surface area contributed by atoms with Gasteiger partial charge >= 0.3 is 0 Å². The van der Waals surface area contributed by atoms with E-state index in [-0.39, 0.29) is 17.7 Å². The van der Waals surface area contributed by atoms with Gasteiger partial charge in [0.25, 0.3) is 0 Å². The van der Waals surface area contributed by atoms with Crippen molar-refractivity contribution in [2.45, 2.75) is 39.2 Å². The zero-order valence-corrected chi connectivity index (χ0v) is 11.6.